The van der Waals surface area contributed by atoms with Crippen LogP contribution in [-0.4, -0.2) is 69.1 Å². The summed E-state index contributed by atoms with van der Waals surface area (Å²) < 4.78 is 44.4. The number of morpholine rings is 1. The third-order valence-electron chi connectivity index (χ3n) is 6.15. The third-order valence-corrected chi connectivity index (χ3v) is 9.15. The molecule has 0 N–H and O–H groups in total. The second-order valence-electron chi connectivity index (χ2n) is 8.44. The molecule has 0 spiro atoms. The first-order valence-corrected chi connectivity index (χ1v) is 14.1. The van der Waals surface area contributed by atoms with Gasteiger partial charge in [-0.2, -0.15) is 4.31 Å². The Balaban J connectivity index is 1.51. The molecule has 12 heteroatoms. The highest BCUT2D eigenvalue weighted by molar-refractivity contribution is 7.89. The second-order valence-corrected chi connectivity index (χ2v) is 11.4. The number of benzene rings is 2. The van der Waals surface area contributed by atoms with Crippen molar-refractivity contribution in [3.63, 3.8) is 0 Å². The average Bonchev–Trinajstić information content (AvgIpc) is 3.41. The number of thiazole rings is 1. The Kier molecular flexibility index (Phi) is 7.56. The molecule has 1 saturated heterocycles. The zero-order chi connectivity index (χ0) is 26.7. The van der Waals surface area contributed by atoms with Crippen molar-refractivity contribution in [2.24, 2.45) is 0 Å². The van der Waals surface area contributed by atoms with Crippen molar-refractivity contribution in [1.82, 2.24) is 14.3 Å². The van der Waals surface area contributed by atoms with E-state index in [0.717, 1.165) is 10.3 Å². The molecule has 1 aliphatic heterocycles. The molecular formula is C26H26N4O6S2. The number of carbonyl (C=O) groups is 1. The smallest absolute Gasteiger partial charge is 0.260 e. The van der Waals surface area contributed by atoms with Gasteiger partial charge < -0.3 is 14.2 Å². The van der Waals surface area contributed by atoms with Gasteiger partial charge in [0.25, 0.3) is 5.91 Å². The summed E-state index contributed by atoms with van der Waals surface area (Å²) in [6.45, 7) is 1.53. The minimum atomic E-state index is -3.68. The van der Waals surface area contributed by atoms with E-state index in [1.807, 2.05) is 6.07 Å². The van der Waals surface area contributed by atoms with Crippen LogP contribution in [0.25, 0.3) is 10.2 Å². The Hall–Kier alpha value is -3.58. The minimum Gasteiger partial charge on any atom is -0.495 e. The van der Waals surface area contributed by atoms with E-state index < -0.39 is 10.0 Å². The maximum Gasteiger partial charge on any atom is 0.260 e. The Bertz CT molecular complexity index is 1490. The van der Waals surface area contributed by atoms with Crippen molar-refractivity contribution in [2.45, 2.75) is 11.4 Å². The van der Waals surface area contributed by atoms with Crippen LogP contribution in [0, 0.1) is 0 Å². The molecule has 0 bridgehead atoms. The molecule has 0 radical (unpaired) electrons. The third kappa shape index (κ3) is 5.07. The molecule has 4 aromatic rings. The van der Waals surface area contributed by atoms with Crippen molar-refractivity contribution >= 4 is 42.6 Å². The predicted molar refractivity (Wildman–Crippen MR) is 143 cm³/mol. The van der Waals surface area contributed by atoms with Crippen LogP contribution in [0.3, 0.4) is 0 Å². The normalized spacial score (nSPS) is 14.4. The van der Waals surface area contributed by atoms with E-state index >= 15 is 0 Å². The zero-order valence-electron chi connectivity index (χ0n) is 20.9. The van der Waals surface area contributed by atoms with Gasteiger partial charge in [0, 0.05) is 31.0 Å². The Morgan fingerprint density at radius 2 is 1.76 bits per heavy atom. The van der Waals surface area contributed by atoms with E-state index in [0.29, 0.717) is 54.0 Å². The first-order valence-electron chi connectivity index (χ1n) is 11.8. The summed E-state index contributed by atoms with van der Waals surface area (Å²) in [4.78, 5) is 24.4. The molecule has 198 valence electrons. The van der Waals surface area contributed by atoms with Crippen molar-refractivity contribution < 1.29 is 27.4 Å². The van der Waals surface area contributed by atoms with Crippen molar-refractivity contribution in [1.29, 1.82) is 0 Å². The van der Waals surface area contributed by atoms with Gasteiger partial charge in [0.15, 0.2) is 5.13 Å². The zero-order valence-corrected chi connectivity index (χ0v) is 22.5. The first kappa shape index (κ1) is 26.0. The summed E-state index contributed by atoms with van der Waals surface area (Å²) in [7, 11) is -0.540. The lowest BCUT2D eigenvalue weighted by Gasteiger charge is -2.26. The maximum atomic E-state index is 13.8. The largest absolute Gasteiger partial charge is 0.495 e. The number of nitrogens with zero attached hydrogens (tertiary/aromatic N) is 4. The number of sulfonamides is 1. The van der Waals surface area contributed by atoms with E-state index in [1.165, 1.54) is 39.9 Å². The number of aromatic nitrogens is 2. The summed E-state index contributed by atoms with van der Waals surface area (Å²) in [5, 5.41) is 0.446. The van der Waals surface area contributed by atoms with Crippen LogP contribution in [0.15, 0.2) is 65.8 Å². The van der Waals surface area contributed by atoms with E-state index in [2.05, 4.69) is 4.98 Å². The lowest BCUT2D eigenvalue weighted by atomic mass is 10.2. The van der Waals surface area contributed by atoms with Gasteiger partial charge in [-0.25, -0.2) is 13.4 Å². The summed E-state index contributed by atoms with van der Waals surface area (Å²) >= 11 is 1.31. The molecule has 0 aliphatic carbocycles. The lowest BCUT2D eigenvalue weighted by molar-refractivity contribution is 0.0730. The molecule has 1 fully saturated rings. The van der Waals surface area contributed by atoms with Crippen molar-refractivity contribution in [3.05, 3.63) is 72.1 Å². The number of methoxy groups -OCH3 is 2. The highest BCUT2D eigenvalue weighted by Crippen LogP contribution is 2.40. The molecular weight excluding hydrogens is 528 g/mol. The van der Waals surface area contributed by atoms with Crippen LogP contribution in [0.2, 0.25) is 0 Å². The number of rotatable bonds is 8. The fourth-order valence-electron chi connectivity index (χ4n) is 4.15. The monoisotopic (exact) mass is 554 g/mol. The van der Waals surface area contributed by atoms with Crippen LogP contribution in [-0.2, 0) is 21.3 Å². The number of carbonyl (C=O) groups excluding carboxylic acids is 1. The molecule has 5 rings (SSSR count). The molecule has 38 heavy (non-hydrogen) atoms. The summed E-state index contributed by atoms with van der Waals surface area (Å²) in [5.74, 6) is 0.854. The second kappa shape index (κ2) is 11.0. The summed E-state index contributed by atoms with van der Waals surface area (Å²) in [5.41, 5.74) is 1.72. The van der Waals surface area contributed by atoms with Crippen molar-refractivity contribution in [2.75, 3.05) is 45.4 Å². The molecule has 2 aromatic carbocycles. The Morgan fingerprint density at radius 1 is 1.05 bits per heavy atom. The van der Waals surface area contributed by atoms with Crippen LogP contribution >= 0.6 is 11.3 Å². The number of hydrogen-bond donors (Lipinski definition) is 0. The SMILES string of the molecule is COc1ccc(OC)c2sc(N(Cc3cccnc3)C(=O)c3ccc(S(=O)(=O)N4CCOCC4)cc3)nc12. The fraction of sp³-hybridized carbons (Fsp3) is 0.269. The number of pyridine rings is 1. The van der Waals surface area contributed by atoms with Gasteiger partial charge in [-0.15, -0.1) is 0 Å². The van der Waals surface area contributed by atoms with Gasteiger partial charge in [-0.05, 0) is 48.0 Å². The quantitative estimate of drug-likeness (QED) is 0.325. The highest BCUT2D eigenvalue weighted by Gasteiger charge is 2.28. The van der Waals surface area contributed by atoms with Gasteiger partial charge in [-0.3, -0.25) is 14.7 Å². The van der Waals surface area contributed by atoms with Gasteiger partial charge in [0.1, 0.15) is 21.7 Å². The van der Waals surface area contributed by atoms with Crippen molar-refractivity contribution in [3.8, 4) is 11.5 Å². The number of hydrogen-bond acceptors (Lipinski definition) is 9. The Morgan fingerprint density at radius 3 is 2.42 bits per heavy atom. The van der Waals surface area contributed by atoms with Gasteiger partial charge in [-0.1, -0.05) is 17.4 Å². The summed E-state index contributed by atoms with van der Waals surface area (Å²) in [6.07, 6.45) is 3.35. The van der Waals surface area contributed by atoms with Crippen LogP contribution < -0.4 is 14.4 Å². The molecule has 1 amide bonds. The van der Waals surface area contributed by atoms with Crippen LogP contribution in [0.4, 0.5) is 5.13 Å². The maximum absolute atomic E-state index is 13.8. The molecule has 0 atom stereocenters. The molecule has 0 saturated carbocycles. The van der Waals surface area contributed by atoms with E-state index in [-0.39, 0.29) is 17.3 Å². The van der Waals surface area contributed by atoms with Gasteiger partial charge in [0.05, 0.1) is 38.9 Å². The fourth-order valence-corrected chi connectivity index (χ4v) is 6.63. The number of ether oxygens (including phenoxy) is 3. The molecule has 0 unspecified atom stereocenters. The predicted octanol–water partition coefficient (Wildman–Crippen LogP) is 3.58. The van der Waals surface area contributed by atoms with E-state index in [4.69, 9.17) is 19.2 Å². The van der Waals surface area contributed by atoms with Gasteiger partial charge >= 0.3 is 0 Å². The van der Waals surface area contributed by atoms with E-state index in [9.17, 15) is 13.2 Å². The van der Waals surface area contributed by atoms with Crippen LogP contribution in [0.1, 0.15) is 15.9 Å². The van der Waals surface area contributed by atoms with Gasteiger partial charge in [0.2, 0.25) is 10.0 Å². The lowest BCUT2D eigenvalue weighted by Crippen LogP contribution is -2.40. The summed E-state index contributed by atoms with van der Waals surface area (Å²) in [6, 6.07) is 13.2. The Labute approximate surface area is 224 Å². The van der Waals surface area contributed by atoms with E-state index in [1.54, 1.807) is 49.7 Å². The molecule has 1 aliphatic rings. The number of amides is 1. The molecule has 3 heterocycles. The molecule has 2 aromatic heterocycles. The standard InChI is InChI=1S/C26H26N4O6S2/c1-34-21-9-10-22(35-2)24-23(21)28-26(37-24)30(17-18-4-3-11-27-16-18)25(31)19-5-7-20(8-6-19)38(32,33)29-12-14-36-15-13-29/h3-11,16H,12-15,17H2,1-2H3. The number of fused-ring (bicyclic) bond motifs is 1. The first-order chi connectivity index (χ1) is 18.4. The average molecular weight is 555 g/mol. The topological polar surface area (TPSA) is 111 Å². The van der Waals surface area contributed by atoms with Crippen LogP contribution in [0.5, 0.6) is 11.5 Å². The number of anilines is 1. The minimum absolute atomic E-state index is 0.129. The highest BCUT2D eigenvalue weighted by atomic mass is 32.2. The molecule has 10 nitrogen and oxygen atoms in total.